The van der Waals surface area contributed by atoms with Crippen LogP contribution in [0.15, 0.2) is 0 Å². The Bertz CT molecular complexity index is 274. The van der Waals surface area contributed by atoms with Crippen LogP contribution in [0.4, 0.5) is 0 Å². The minimum Gasteiger partial charge on any atom is -0.381 e. The average Bonchev–Trinajstić information content (AvgIpc) is 2.42. The Morgan fingerprint density at radius 3 is 2.26 bits per heavy atom. The highest BCUT2D eigenvalue weighted by Crippen LogP contribution is 2.45. The van der Waals surface area contributed by atoms with Gasteiger partial charge in [0.2, 0.25) is 0 Å². The molecule has 0 bridgehead atoms. The Morgan fingerprint density at radius 2 is 1.74 bits per heavy atom. The largest absolute Gasteiger partial charge is 0.381 e. The lowest BCUT2D eigenvalue weighted by Gasteiger charge is -2.49. The summed E-state index contributed by atoms with van der Waals surface area (Å²) in [6, 6.07) is 0.174. The van der Waals surface area contributed by atoms with Crippen molar-refractivity contribution in [1.29, 1.82) is 0 Å². The second-order valence-electron chi connectivity index (χ2n) is 7.14. The first-order valence-electron chi connectivity index (χ1n) is 7.96. The zero-order chi connectivity index (χ0) is 13.9. The summed E-state index contributed by atoms with van der Waals surface area (Å²) < 4.78 is 11.7. The fourth-order valence-corrected chi connectivity index (χ4v) is 3.72. The Balaban J connectivity index is 2.05. The Kier molecular flexibility index (Phi) is 4.91. The van der Waals surface area contributed by atoms with Crippen molar-refractivity contribution in [3.8, 4) is 0 Å². The van der Waals surface area contributed by atoms with Gasteiger partial charge in [-0.3, -0.25) is 0 Å². The van der Waals surface area contributed by atoms with Crippen molar-refractivity contribution in [3.05, 3.63) is 0 Å². The van der Waals surface area contributed by atoms with Crippen LogP contribution < -0.4 is 5.73 Å². The molecule has 112 valence electrons. The number of rotatable bonds is 4. The molecule has 2 fully saturated rings. The van der Waals surface area contributed by atoms with Crippen LogP contribution in [0.2, 0.25) is 0 Å². The lowest BCUT2D eigenvalue weighted by Crippen LogP contribution is -2.57. The second kappa shape index (κ2) is 6.11. The molecule has 0 spiro atoms. The zero-order valence-corrected chi connectivity index (χ0v) is 12.9. The summed E-state index contributed by atoms with van der Waals surface area (Å²) in [7, 11) is 0. The van der Waals surface area contributed by atoms with Gasteiger partial charge >= 0.3 is 0 Å². The van der Waals surface area contributed by atoms with Crippen LogP contribution in [0.5, 0.6) is 0 Å². The number of nitrogens with two attached hydrogens (primary N) is 1. The summed E-state index contributed by atoms with van der Waals surface area (Å²) in [5.74, 6) is 0.571. The van der Waals surface area contributed by atoms with Gasteiger partial charge in [-0.1, -0.05) is 13.8 Å². The molecule has 2 rings (SSSR count). The van der Waals surface area contributed by atoms with Crippen molar-refractivity contribution >= 4 is 0 Å². The highest BCUT2D eigenvalue weighted by molar-refractivity contribution is 5.00. The molecule has 0 aromatic carbocycles. The Labute approximate surface area is 118 Å². The summed E-state index contributed by atoms with van der Waals surface area (Å²) >= 11 is 0. The zero-order valence-electron chi connectivity index (χ0n) is 12.9. The molecule has 1 saturated heterocycles. The van der Waals surface area contributed by atoms with Crippen LogP contribution in [0.3, 0.4) is 0 Å². The van der Waals surface area contributed by atoms with E-state index in [0.29, 0.717) is 11.3 Å². The maximum absolute atomic E-state index is 6.65. The fourth-order valence-electron chi connectivity index (χ4n) is 3.72. The first-order valence-corrected chi connectivity index (χ1v) is 7.96. The normalized spacial score (nSPS) is 29.1. The van der Waals surface area contributed by atoms with Crippen LogP contribution in [0.25, 0.3) is 0 Å². The van der Waals surface area contributed by atoms with Crippen LogP contribution in [-0.4, -0.2) is 31.5 Å². The molecule has 3 nitrogen and oxygen atoms in total. The van der Waals surface area contributed by atoms with Crippen molar-refractivity contribution in [1.82, 2.24) is 0 Å². The van der Waals surface area contributed by atoms with E-state index in [0.717, 1.165) is 45.5 Å². The molecule has 0 aromatic heterocycles. The predicted molar refractivity (Wildman–Crippen MR) is 78.1 cm³/mol. The van der Waals surface area contributed by atoms with E-state index >= 15 is 0 Å². The lowest BCUT2D eigenvalue weighted by atomic mass is 9.66. The molecule has 1 saturated carbocycles. The smallest absolute Gasteiger partial charge is 0.0835 e. The van der Waals surface area contributed by atoms with Crippen LogP contribution in [0, 0.1) is 11.3 Å². The highest BCUT2D eigenvalue weighted by atomic mass is 16.5. The summed E-state index contributed by atoms with van der Waals surface area (Å²) in [4.78, 5) is 0. The molecule has 0 aromatic rings. The monoisotopic (exact) mass is 269 g/mol. The van der Waals surface area contributed by atoms with E-state index in [2.05, 4.69) is 20.8 Å². The van der Waals surface area contributed by atoms with Crippen LogP contribution in [0.1, 0.15) is 59.3 Å². The van der Waals surface area contributed by atoms with E-state index in [1.54, 1.807) is 0 Å². The molecule has 2 N–H and O–H groups in total. The number of hydrogen-bond acceptors (Lipinski definition) is 3. The molecule has 3 heteroatoms. The van der Waals surface area contributed by atoms with E-state index in [9.17, 15) is 0 Å². The molecule has 0 amide bonds. The maximum atomic E-state index is 6.65. The van der Waals surface area contributed by atoms with Gasteiger partial charge in [-0.05, 0) is 56.8 Å². The molecule has 1 atom stereocenters. The summed E-state index contributed by atoms with van der Waals surface area (Å²) in [6.45, 7) is 9.33. The molecule has 1 aliphatic heterocycles. The van der Waals surface area contributed by atoms with Crippen LogP contribution >= 0.6 is 0 Å². The van der Waals surface area contributed by atoms with Crippen molar-refractivity contribution in [2.45, 2.75) is 70.9 Å². The molecule has 0 radical (unpaired) electrons. The van der Waals surface area contributed by atoms with E-state index in [1.807, 2.05) is 0 Å². The summed E-state index contributed by atoms with van der Waals surface area (Å²) in [5, 5.41) is 0. The second-order valence-corrected chi connectivity index (χ2v) is 7.14. The Hall–Kier alpha value is -0.120. The molecular weight excluding hydrogens is 238 g/mol. The van der Waals surface area contributed by atoms with Gasteiger partial charge < -0.3 is 15.2 Å². The minimum absolute atomic E-state index is 0.0771. The third-order valence-electron chi connectivity index (χ3n) is 5.26. The van der Waals surface area contributed by atoms with Gasteiger partial charge in [0.25, 0.3) is 0 Å². The fraction of sp³-hybridized carbons (Fsp3) is 1.00. The van der Waals surface area contributed by atoms with Gasteiger partial charge in [-0.25, -0.2) is 0 Å². The van der Waals surface area contributed by atoms with E-state index < -0.39 is 0 Å². The number of ether oxygens (including phenoxy) is 2. The highest BCUT2D eigenvalue weighted by Gasteiger charge is 2.46. The van der Waals surface area contributed by atoms with Crippen LogP contribution in [-0.2, 0) is 9.47 Å². The van der Waals surface area contributed by atoms with Crippen molar-refractivity contribution in [2.75, 3.05) is 19.8 Å². The van der Waals surface area contributed by atoms with E-state index in [1.165, 1.54) is 12.8 Å². The van der Waals surface area contributed by atoms with Gasteiger partial charge in [0.05, 0.1) is 5.60 Å². The summed E-state index contributed by atoms with van der Waals surface area (Å²) in [6.07, 6.45) is 6.88. The molecule has 1 heterocycles. The molecule has 2 aliphatic rings. The quantitative estimate of drug-likeness (QED) is 0.853. The van der Waals surface area contributed by atoms with Crippen molar-refractivity contribution in [3.63, 3.8) is 0 Å². The van der Waals surface area contributed by atoms with E-state index in [-0.39, 0.29) is 11.6 Å². The minimum atomic E-state index is -0.0771. The topological polar surface area (TPSA) is 44.5 Å². The van der Waals surface area contributed by atoms with Crippen molar-refractivity contribution < 1.29 is 9.47 Å². The molecule has 1 aliphatic carbocycles. The predicted octanol–water partition coefficient (Wildman–Crippen LogP) is 3.12. The van der Waals surface area contributed by atoms with Crippen molar-refractivity contribution in [2.24, 2.45) is 17.1 Å². The molecular formula is C16H31NO2. The Morgan fingerprint density at radius 1 is 1.16 bits per heavy atom. The standard InChI is InChI=1S/C16H31NO2/c1-4-19-16(9-7-15(2,3)8-10-16)14(17)13-5-11-18-12-6-13/h13-14H,4-12,17H2,1-3H3. The van der Waals surface area contributed by atoms with Gasteiger partial charge in [0, 0.05) is 25.9 Å². The molecule has 1 unspecified atom stereocenters. The third-order valence-corrected chi connectivity index (χ3v) is 5.26. The SMILES string of the molecule is CCOC1(C(N)C2CCOCC2)CCC(C)(C)CC1. The lowest BCUT2D eigenvalue weighted by molar-refractivity contribution is -0.116. The first-order chi connectivity index (χ1) is 8.99. The average molecular weight is 269 g/mol. The summed E-state index contributed by atoms with van der Waals surface area (Å²) in [5.41, 5.74) is 7.03. The van der Waals surface area contributed by atoms with Gasteiger partial charge in [0.1, 0.15) is 0 Å². The van der Waals surface area contributed by atoms with Gasteiger partial charge in [0.15, 0.2) is 0 Å². The van der Waals surface area contributed by atoms with E-state index in [4.69, 9.17) is 15.2 Å². The third kappa shape index (κ3) is 3.50. The number of hydrogen-bond donors (Lipinski definition) is 1. The van der Waals surface area contributed by atoms with Gasteiger partial charge in [-0.15, -0.1) is 0 Å². The first kappa shape index (κ1) is 15.3. The maximum Gasteiger partial charge on any atom is 0.0835 e. The molecule has 19 heavy (non-hydrogen) atoms. The van der Waals surface area contributed by atoms with Gasteiger partial charge in [-0.2, -0.15) is 0 Å².